The summed E-state index contributed by atoms with van der Waals surface area (Å²) < 4.78 is 10.7. The summed E-state index contributed by atoms with van der Waals surface area (Å²) in [7, 11) is 3.15. The highest BCUT2D eigenvalue weighted by Crippen LogP contribution is 2.40. The largest absolute Gasteiger partial charge is 0.493 e. The lowest BCUT2D eigenvalue weighted by atomic mass is 9.74. The Hall–Kier alpha value is -2.24. The van der Waals surface area contributed by atoms with Gasteiger partial charge in [0.2, 0.25) is 5.91 Å². The van der Waals surface area contributed by atoms with Gasteiger partial charge in [-0.05, 0) is 36.5 Å². The second kappa shape index (κ2) is 7.98. The SMILES string of the molecule is CCC(CC)(C(=O)N1C[C@@H](C)[C@H](C(=O)O)C1)c1ccc(OC)c(OC)c1. The van der Waals surface area contributed by atoms with Crippen LogP contribution in [0, 0.1) is 11.8 Å². The number of methoxy groups -OCH3 is 2. The molecule has 144 valence electrons. The number of likely N-dealkylation sites (tertiary alicyclic amines) is 1. The molecule has 0 aromatic heterocycles. The van der Waals surface area contributed by atoms with Crippen LogP contribution in [0.25, 0.3) is 0 Å². The van der Waals surface area contributed by atoms with Gasteiger partial charge in [0.15, 0.2) is 11.5 Å². The van der Waals surface area contributed by atoms with Crippen molar-refractivity contribution in [3.63, 3.8) is 0 Å². The average Bonchev–Trinajstić information content (AvgIpc) is 3.04. The predicted molar refractivity (Wildman–Crippen MR) is 98.7 cm³/mol. The van der Waals surface area contributed by atoms with Gasteiger partial charge in [-0.25, -0.2) is 0 Å². The molecule has 0 radical (unpaired) electrons. The summed E-state index contributed by atoms with van der Waals surface area (Å²) >= 11 is 0. The van der Waals surface area contributed by atoms with E-state index < -0.39 is 17.3 Å². The van der Waals surface area contributed by atoms with Crippen LogP contribution in [0.3, 0.4) is 0 Å². The molecule has 0 aliphatic carbocycles. The molecular formula is C20H29NO5. The molecule has 0 saturated carbocycles. The highest BCUT2D eigenvalue weighted by Gasteiger charge is 2.45. The molecule has 6 heteroatoms. The zero-order valence-corrected chi connectivity index (χ0v) is 16.2. The molecular weight excluding hydrogens is 334 g/mol. The number of nitrogens with zero attached hydrogens (tertiary/aromatic N) is 1. The van der Waals surface area contributed by atoms with Crippen LogP contribution in [0.2, 0.25) is 0 Å². The van der Waals surface area contributed by atoms with Crippen molar-refractivity contribution in [1.82, 2.24) is 4.90 Å². The summed E-state index contributed by atoms with van der Waals surface area (Å²) in [5.41, 5.74) is 0.170. The fourth-order valence-corrected chi connectivity index (χ4v) is 3.97. The lowest BCUT2D eigenvalue weighted by Gasteiger charge is -2.35. The zero-order chi connectivity index (χ0) is 19.5. The topological polar surface area (TPSA) is 76.1 Å². The van der Waals surface area contributed by atoms with Crippen molar-refractivity contribution >= 4 is 11.9 Å². The summed E-state index contributed by atoms with van der Waals surface area (Å²) in [6, 6.07) is 5.58. The van der Waals surface area contributed by atoms with Crippen molar-refractivity contribution in [3.8, 4) is 11.5 Å². The molecule has 2 atom stereocenters. The van der Waals surface area contributed by atoms with Gasteiger partial charge in [-0.15, -0.1) is 0 Å². The minimum atomic E-state index is -0.836. The molecule has 26 heavy (non-hydrogen) atoms. The molecule has 2 rings (SSSR count). The lowest BCUT2D eigenvalue weighted by Crippen LogP contribution is -2.46. The van der Waals surface area contributed by atoms with Gasteiger partial charge < -0.3 is 19.5 Å². The minimum absolute atomic E-state index is 0.00896. The van der Waals surface area contributed by atoms with Crippen LogP contribution in [0.1, 0.15) is 39.2 Å². The van der Waals surface area contributed by atoms with Gasteiger partial charge in [0.25, 0.3) is 0 Å². The Morgan fingerprint density at radius 3 is 2.23 bits per heavy atom. The number of carboxylic acids is 1. The van der Waals surface area contributed by atoms with Gasteiger partial charge in [-0.1, -0.05) is 26.8 Å². The van der Waals surface area contributed by atoms with Gasteiger partial charge in [-0.3, -0.25) is 9.59 Å². The summed E-state index contributed by atoms with van der Waals surface area (Å²) in [5.74, 6) is -0.195. The van der Waals surface area contributed by atoms with E-state index in [2.05, 4.69) is 0 Å². The number of benzene rings is 1. The normalized spacial score (nSPS) is 20.1. The Kier molecular flexibility index (Phi) is 6.16. The molecule has 1 fully saturated rings. The predicted octanol–water partition coefficient (Wildman–Crippen LogP) is 2.94. The Morgan fingerprint density at radius 2 is 1.77 bits per heavy atom. The third-order valence-corrected chi connectivity index (χ3v) is 5.77. The van der Waals surface area contributed by atoms with Crippen molar-refractivity contribution in [2.75, 3.05) is 27.3 Å². The number of amides is 1. The highest BCUT2D eigenvalue weighted by molar-refractivity contribution is 5.89. The van der Waals surface area contributed by atoms with Crippen LogP contribution in [-0.4, -0.2) is 49.2 Å². The number of carbonyl (C=O) groups excluding carboxylic acids is 1. The van der Waals surface area contributed by atoms with Crippen LogP contribution in [-0.2, 0) is 15.0 Å². The maximum atomic E-state index is 13.5. The molecule has 1 aromatic carbocycles. The number of aliphatic carboxylic acids is 1. The molecule has 1 amide bonds. The first-order valence-electron chi connectivity index (χ1n) is 9.09. The molecule has 1 aromatic rings. The molecule has 0 spiro atoms. The lowest BCUT2D eigenvalue weighted by molar-refractivity contribution is -0.142. The second-order valence-corrected chi connectivity index (χ2v) is 6.99. The van der Waals surface area contributed by atoms with E-state index in [9.17, 15) is 14.7 Å². The number of hydrogen-bond donors (Lipinski definition) is 1. The maximum absolute atomic E-state index is 13.5. The van der Waals surface area contributed by atoms with E-state index in [4.69, 9.17) is 9.47 Å². The summed E-state index contributed by atoms with van der Waals surface area (Å²) in [5, 5.41) is 9.38. The van der Waals surface area contributed by atoms with Crippen molar-refractivity contribution in [3.05, 3.63) is 23.8 Å². The molecule has 0 bridgehead atoms. The van der Waals surface area contributed by atoms with Gasteiger partial charge in [-0.2, -0.15) is 0 Å². The van der Waals surface area contributed by atoms with Crippen molar-refractivity contribution in [2.45, 2.75) is 39.0 Å². The molecule has 1 N–H and O–H groups in total. The number of hydrogen-bond acceptors (Lipinski definition) is 4. The molecule has 1 saturated heterocycles. The third kappa shape index (κ3) is 3.37. The second-order valence-electron chi connectivity index (χ2n) is 6.99. The van der Waals surface area contributed by atoms with Gasteiger partial charge in [0, 0.05) is 13.1 Å². The van der Waals surface area contributed by atoms with E-state index in [1.165, 1.54) is 0 Å². The Labute approximate surface area is 155 Å². The summed E-state index contributed by atoms with van der Waals surface area (Å²) in [6.45, 7) is 6.62. The summed E-state index contributed by atoms with van der Waals surface area (Å²) in [4.78, 5) is 26.6. The van der Waals surface area contributed by atoms with Crippen molar-refractivity contribution < 1.29 is 24.2 Å². The molecule has 0 unspecified atom stereocenters. The first-order valence-corrected chi connectivity index (χ1v) is 9.09. The van der Waals surface area contributed by atoms with Crippen LogP contribution in [0.5, 0.6) is 11.5 Å². The van der Waals surface area contributed by atoms with E-state index >= 15 is 0 Å². The van der Waals surface area contributed by atoms with E-state index in [1.54, 1.807) is 19.1 Å². The van der Waals surface area contributed by atoms with Crippen LogP contribution in [0.15, 0.2) is 18.2 Å². The number of ether oxygens (including phenoxy) is 2. The van der Waals surface area contributed by atoms with Crippen molar-refractivity contribution in [1.29, 1.82) is 0 Å². The monoisotopic (exact) mass is 363 g/mol. The van der Waals surface area contributed by atoms with E-state index in [0.717, 1.165) is 5.56 Å². The Balaban J connectivity index is 2.41. The summed E-state index contributed by atoms with van der Waals surface area (Å²) in [6.07, 6.45) is 1.25. The van der Waals surface area contributed by atoms with Gasteiger partial charge in [0.05, 0.1) is 25.6 Å². The Bertz CT molecular complexity index is 668. The number of carboxylic acid groups (broad SMARTS) is 1. The standard InChI is InChI=1S/C20H29NO5/c1-6-20(7-2,14-8-9-16(25-4)17(10-14)26-5)19(24)21-11-13(3)15(12-21)18(22)23/h8-10,13,15H,6-7,11-12H2,1-5H3,(H,22,23)/t13-,15-/m1/s1. The zero-order valence-electron chi connectivity index (χ0n) is 16.2. The molecule has 1 heterocycles. The van der Waals surface area contributed by atoms with Crippen LogP contribution in [0.4, 0.5) is 0 Å². The minimum Gasteiger partial charge on any atom is -0.493 e. The highest BCUT2D eigenvalue weighted by atomic mass is 16.5. The van der Waals surface area contributed by atoms with Gasteiger partial charge >= 0.3 is 5.97 Å². The Morgan fingerprint density at radius 1 is 1.15 bits per heavy atom. The van der Waals surface area contributed by atoms with E-state index in [1.807, 2.05) is 39.0 Å². The number of carbonyl (C=O) groups is 2. The maximum Gasteiger partial charge on any atom is 0.308 e. The number of rotatable bonds is 7. The van der Waals surface area contributed by atoms with E-state index in [0.29, 0.717) is 30.9 Å². The van der Waals surface area contributed by atoms with Crippen LogP contribution < -0.4 is 9.47 Å². The smallest absolute Gasteiger partial charge is 0.308 e. The van der Waals surface area contributed by atoms with Gasteiger partial charge in [0.1, 0.15) is 0 Å². The van der Waals surface area contributed by atoms with E-state index in [-0.39, 0.29) is 18.4 Å². The average molecular weight is 363 g/mol. The first kappa shape index (κ1) is 20.1. The molecule has 1 aliphatic rings. The van der Waals surface area contributed by atoms with Crippen LogP contribution >= 0.6 is 0 Å². The molecule has 1 aliphatic heterocycles. The van der Waals surface area contributed by atoms with Crippen molar-refractivity contribution in [2.24, 2.45) is 11.8 Å². The first-order chi connectivity index (χ1) is 12.3. The molecule has 6 nitrogen and oxygen atoms in total. The quantitative estimate of drug-likeness (QED) is 0.806. The fraction of sp³-hybridized carbons (Fsp3) is 0.600. The fourth-order valence-electron chi connectivity index (χ4n) is 3.97. The third-order valence-electron chi connectivity index (χ3n) is 5.77.